The van der Waals surface area contributed by atoms with Crippen molar-refractivity contribution >= 4 is 38.8 Å². The first-order valence-corrected chi connectivity index (χ1v) is 6.58. The van der Waals surface area contributed by atoms with Crippen LogP contribution in [0.15, 0.2) is 34.9 Å². The summed E-state index contributed by atoms with van der Waals surface area (Å²) < 4.78 is 2.78. The minimum absolute atomic E-state index is 0.397. The van der Waals surface area contributed by atoms with Gasteiger partial charge in [-0.15, -0.1) is 0 Å². The van der Waals surface area contributed by atoms with Gasteiger partial charge in [-0.1, -0.05) is 12.2 Å². The van der Waals surface area contributed by atoms with Gasteiger partial charge < -0.3 is 11.1 Å². The highest BCUT2D eigenvalue weighted by Gasteiger charge is 2.04. The largest absolute Gasteiger partial charge is 0.389 e. The van der Waals surface area contributed by atoms with E-state index in [2.05, 4.69) is 26.3 Å². The summed E-state index contributed by atoms with van der Waals surface area (Å²) in [6.45, 7) is 0.710. The summed E-state index contributed by atoms with van der Waals surface area (Å²) in [4.78, 5) is 0.397. The predicted octanol–water partition coefficient (Wildman–Crippen LogP) is 2.43. The Hall–Kier alpha value is -1.40. The van der Waals surface area contributed by atoms with E-state index in [1.807, 2.05) is 36.0 Å². The van der Waals surface area contributed by atoms with Gasteiger partial charge in [0.05, 0.1) is 12.2 Å². The molecular weight excluding hydrogens is 312 g/mol. The van der Waals surface area contributed by atoms with Crippen LogP contribution >= 0.6 is 28.1 Å². The van der Waals surface area contributed by atoms with E-state index >= 15 is 0 Å². The number of anilines is 1. The molecule has 0 spiro atoms. The van der Waals surface area contributed by atoms with Gasteiger partial charge >= 0.3 is 0 Å². The molecule has 4 nitrogen and oxygen atoms in total. The van der Waals surface area contributed by atoms with Crippen molar-refractivity contribution in [1.29, 1.82) is 0 Å². The average Bonchev–Trinajstić information content (AvgIpc) is 2.73. The SMILES string of the molecule is Cn1nccc1CNc1ccc(C(N)=S)cc1Br. The van der Waals surface area contributed by atoms with E-state index < -0.39 is 0 Å². The standard InChI is InChI=1S/C12H13BrN4S/c1-17-9(4-5-16-17)7-15-11-3-2-8(12(14)18)6-10(11)13/h2-6,15H,7H2,1H3,(H2,14,18). The lowest BCUT2D eigenvalue weighted by molar-refractivity contribution is 0.720. The second-order valence-electron chi connectivity index (χ2n) is 3.86. The Morgan fingerprint density at radius 2 is 2.28 bits per heavy atom. The summed E-state index contributed by atoms with van der Waals surface area (Å²) in [5.74, 6) is 0. The smallest absolute Gasteiger partial charge is 0.104 e. The summed E-state index contributed by atoms with van der Waals surface area (Å²) in [5, 5.41) is 7.45. The fourth-order valence-corrected chi connectivity index (χ4v) is 2.22. The van der Waals surface area contributed by atoms with Crippen LogP contribution in [-0.2, 0) is 13.6 Å². The van der Waals surface area contributed by atoms with Crippen LogP contribution in [0.4, 0.5) is 5.69 Å². The van der Waals surface area contributed by atoms with Crippen LogP contribution in [0.1, 0.15) is 11.3 Å². The molecule has 0 aliphatic rings. The molecule has 0 fully saturated rings. The van der Waals surface area contributed by atoms with Gasteiger partial charge in [0.25, 0.3) is 0 Å². The minimum Gasteiger partial charge on any atom is -0.389 e. The number of halogens is 1. The molecule has 2 aromatic rings. The number of nitrogens with one attached hydrogen (secondary N) is 1. The van der Waals surface area contributed by atoms with Crippen LogP contribution < -0.4 is 11.1 Å². The van der Waals surface area contributed by atoms with E-state index in [-0.39, 0.29) is 0 Å². The first kappa shape index (κ1) is 13.0. The van der Waals surface area contributed by atoms with Crippen LogP contribution in [-0.4, -0.2) is 14.8 Å². The summed E-state index contributed by atoms with van der Waals surface area (Å²) in [7, 11) is 1.92. The van der Waals surface area contributed by atoms with Crippen LogP contribution in [0.5, 0.6) is 0 Å². The fourth-order valence-electron chi connectivity index (χ4n) is 1.57. The molecule has 0 unspecified atom stereocenters. The van der Waals surface area contributed by atoms with Gasteiger partial charge in [0.1, 0.15) is 4.99 Å². The Kier molecular flexibility index (Phi) is 3.98. The fraction of sp³-hybridized carbons (Fsp3) is 0.167. The number of nitrogens with zero attached hydrogens (tertiary/aromatic N) is 2. The third-order valence-corrected chi connectivity index (χ3v) is 3.53. The molecule has 1 heterocycles. The summed E-state index contributed by atoms with van der Waals surface area (Å²) in [5.41, 5.74) is 8.54. The molecule has 94 valence electrons. The number of aryl methyl sites for hydroxylation is 1. The van der Waals surface area contributed by atoms with Crippen molar-refractivity contribution in [3.8, 4) is 0 Å². The quantitative estimate of drug-likeness (QED) is 0.848. The van der Waals surface area contributed by atoms with E-state index in [0.717, 1.165) is 21.4 Å². The summed E-state index contributed by atoms with van der Waals surface area (Å²) >= 11 is 8.43. The van der Waals surface area contributed by atoms with E-state index in [0.29, 0.717) is 11.5 Å². The third-order valence-electron chi connectivity index (χ3n) is 2.64. The van der Waals surface area contributed by atoms with Crippen molar-refractivity contribution in [2.24, 2.45) is 12.8 Å². The molecule has 1 aromatic heterocycles. The van der Waals surface area contributed by atoms with Crippen LogP contribution in [0.3, 0.4) is 0 Å². The number of hydrogen-bond donors (Lipinski definition) is 2. The molecular formula is C12H13BrN4S. The highest BCUT2D eigenvalue weighted by molar-refractivity contribution is 9.10. The molecule has 0 amide bonds. The van der Waals surface area contributed by atoms with Crippen molar-refractivity contribution < 1.29 is 0 Å². The molecule has 0 bridgehead atoms. The zero-order valence-electron chi connectivity index (χ0n) is 9.85. The van der Waals surface area contributed by atoms with Gasteiger partial charge in [0.2, 0.25) is 0 Å². The number of thiocarbonyl (C=S) groups is 1. The maximum absolute atomic E-state index is 5.58. The zero-order chi connectivity index (χ0) is 13.1. The lowest BCUT2D eigenvalue weighted by Crippen LogP contribution is -2.10. The molecule has 0 aliphatic heterocycles. The molecule has 2 rings (SSSR count). The van der Waals surface area contributed by atoms with Gasteiger partial charge in [0.15, 0.2) is 0 Å². The number of aromatic nitrogens is 2. The van der Waals surface area contributed by atoms with Crippen molar-refractivity contribution in [1.82, 2.24) is 9.78 Å². The second-order valence-corrected chi connectivity index (χ2v) is 5.15. The molecule has 1 aromatic carbocycles. The van der Waals surface area contributed by atoms with Crippen molar-refractivity contribution in [2.45, 2.75) is 6.54 Å². The Balaban J connectivity index is 2.11. The first-order chi connectivity index (χ1) is 8.58. The van der Waals surface area contributed by atoms with E-state index in [4.69, 9.17) is 18.0 Å². The highest BCUT2D eigenvalue weighted by atomic mass is 79.9. The number of rotatable bonds is 4. The number of nitrogens with two attached hydrogens (primary N) is 1. The normalized spacial score (nSPS) is 10.3. The molecule has 0 aliphatic carbocycles. The average molecular weight is 325 g/mol. The Labute approximate surface area is 119 Å². The lowest BCUT2D eigenvalue weighted by atomic mass is 10.2. The molecule has 0 radical (unpaired) electrons. The maximum atomic E-state index is 5.58. The minimum atomic E-state index is 0.397. The molecule has 6 heteroatoms. The molecule has 18 heavy (non-hydrogen) atoms. The van der Waals surface area contributed by atoms with Gasteiger partial charge in [0, 0.05) is 29.0 Å². The van der Waals surface area contributed by atoms with Gasteiger partial charge in [-0.25, -0.2) is 0 Å². The summed E-state index contributed by atoms with van der Waals surface area (Å²) in [6, 6.07) is 7.74. The Morgan fingerprint density at radius 3 is 2.83 bits per heavy atom. The van der Waals surface area contributed by atoms with Gasteiger partial charge in [-0.3, -0.25) is 4.68 Å². The van der Waals surface area contributed by atoms with E-state index in [1.54, 1.807) is 6.20 Å². The maximum Gasteiger partial charge on any atom is 0.104 e. The van der Waals surface area contributed by atoms with Crippen molar-refractivity contribution in [2.75, 3.05) is 5.32 Å². The van der Waals surface area contributed by atoms with Crippen molar-refractivity contribution in [3.63, 3.8) is 0 Å². The monoisotopic (exact) mass is 324 g/mol. The molecule has 0 saturated carbocycles. The number of hydrogen-bond acceptors (Lipinski definition) is 3. The Morgan fingerprint density at radius 1 is 1.50 bits per heavy atom. The van der Waals surface area contributed by atoms with Crippen LogP contribution in [0.25, 0.3) is 0 Å². The van der Waals surface area contributed by atoms with Crippen molar-refractivity contribution in [3.05, 3.63) is 46.2 Å². The van der Waals surface area contributed by atoms with E-state index in [1.165, 1.54) is 0 Å². The number of benzene rings is 1. The highest BCUT2D eigenvalue weighted by Crippen LogP contribution is 2.24. The first-order valence-electron chi connectivity index (χ1n) is 5.38. The van der Waals surface area contributed by atoms with Crippen LogP contribution in [0.2, 0.25) is 0 Å². The molecule has 3 N–H and O–H groups in total. The Bertz CT molecular complexity index is 579. The van der Waals surface area contributed by atoms with Gasteiger partial charge in [-0.05, 0) is 40.2 Å². The molecule has 0 atom stereocenters. The molecule has 0 saturated heterocycles. The van der Waals surface area contributed by atoms with Crippen LogP contribution in [0, 0.1) is 0 Å². The zero-order valence-corrected chi connectivity index (χ0v) is 12.3. The summed E-state index contributed by atoms with van der Waals surface area (Å²) in [6.07, 6.45) is 1.78. The second kappa shape index (κ2) is 5.49. The topological polar surface area (TPSA) is 55.9 Å². The third kappa shape index (κ3) is 2.88. The lowest BCUT2D eigenvalue weighted by Gasteiger charge is -2.10. The predicted molar refractivity (Wildman–Crippen MR) is 80.6 cm³/mol. The van der Waals surface area contributed by atoms with Gasteiger partial charge in [-0.2, -0.15) is 5.10 Å². The van der Waals surface area contributed by atoms with E-state index in [9.17, 15) is 0 Å².